The van der Waals surface area contributed by atoms with Crippen LogP contribution in [-0.2, 0) is 11.3 Å². The van der Waals surface area contributed by atoms with Crippen LogP contribution in [0.15, 0.2) is 30.3 Å². The van der Waals surface area contributed by atoms with Gasteiger partial charge in [-0.05, 0) is 55.4 Å². The van der Waals surface area contributed by atoms with Crippen molar-refractivity contribution in [3.63, 3.8) is 0 Å². The number of carbonyl (C=O) groups is 1. The summed E-state index contributed by atoms with van der Waals surface area (Å²) in [4.78, 5) is 11.9. The van der Waals surface area contributed by atoms with E-state index in [1.165, 1.54) is 19.3 Å². The number of hydrogen-bond donors (Lipinski definition) is 2. The minimum Gasteiger partial charge on any atom is -0.444 e. The number of hydrogen-bond acceptors (Lipinski definition) is 3. The Hall–Kier alpha value is -1.26. The molecule has 4 aliphatic carbocycles. The van der Waals surface area contributed by atoms with Crippen molar-refractivity contribution in [3.05, 3.63) is 35.9 Å². The van der Waals surface area contributed by atoms with Crippen LogP contribution < -0.4 is 10.9 Å². The summed E-state index contributed by atoms with van der Waals surface area (Å²) in [6.07, 6.45) is 5.39. The highest BCUT2D eigenvalue weighted by atomic mass is 35.5. The van der Waals surface area contributed by atoms with E-state index in [9.17, 15) is 4.79 Å². The molecule has 23 heavy (non-hydrogen) atoms. The number of hydrazine groups is 1. The molecular weight excluding hydrogens is 312 g/mol. The molecule has 1 amide bonds. The van der Waals surface area contributed by atoms with Crippen molar-refractivity contribution < 1.29 is 9.53 Å². The van der Waals surface area contributed by atoms with Crippen molar-refractivity contribution in [2.24, 2.45) is 17.8 Å². The van der Waals surface area contributed by atoms with E-state index in [0.29, 0.717) is 24.5 Å². The van der Waals surface area contributed by atoms with Crippen molar-refractivity contribution in [3.8, 4) is 0 Å². The normalized spacial score (nSPS) is 37.6. The maximum absolute atomic E-state index is 11.9. The zero-order valence-corrected chi connectivity index (χ0v) is 13.9. The maximum atomic E-state index is 11.9. The second kappa shape index (κ2) is 5.99. The Morgan fingerprint density at radius 3 is 2.52 bits per heavy atom. The summed E-state index contributed by atoms with van der Waals surface area (Å²) in [5, 5.41) is 0. The van der Waals surface area contributed by atoms with E-state index < -0.39 is 6.09 Å². The van der Waals surface area contributed by atoms with Crippen LogP contribution >= 0.6 is 11.6 Å². The van der Waals surface area contributed by atoms with Crippen molar-refractivity contribution in [1.29, 1.82) is 0 Å². The number of benzene rings is 1. The zero-order chi connectivity index (χ0) is 15.9. The Morgan fingerprint density at radius 1 is 1.17 bits per heavy atom. The van der Waals surface area contributed by atoms with Crippen LogP contribution in [0.25, 0.3) is 0 Å². The molecule has 0 aliphatic heterocycles. The van der Waals surface area contributed by atoms with Gasteiger partial charge in [0.1, 0.15) is 6.61 Å². The third-order valence-corrected chi connectivity index (χ3v) is 6.21. The van der Waals surface area contributed by atoms with Crippen LogP contribution in [0.5, 0.6) is 0 Å². The number of ether oxygens (including phenoxy) is 1. The van der Waals surface area contributed by atoms with Gasteiger partial charge in [0.25, 0.3) is 0 Å². The van der Waals surface area contributed by atoms with Gasteiger partial charge in [-0.3, -0.25) is 5.43 Å². The van der Waals surface area contributed by atoms with Crippen molar-refractivity contribution in [1.82, 2.24) is 10.9 Å². The van der Waals surface area contributed by atoms with E-state index in [2.05, 4.69) is 10.9 Å². The van der Waals surface area contributed by atoms with Gasteiger partial charge in [0, 0.05) is 10.9 Å². The molecule has 2 atom stereocenters. The molecule has 2 N–H and O–H groups in total. The molecule has 0 heterocycles. The summed E-state index contributed by atoms with van der Waals surface area (Å²) in [7, 11) is 0. The minimum absolute atomic E-state index is 0.0303. The number of rotatable bonds is 4. The molecule has 0 aromatic heterocycles. The average molecular weight is 335 g/mol. The molecule has 124 valence electrons. The highest BCUT2D eigenvalue weighted by Crippen LogP contribution is 2.58. The zero-order valence-electron chi connectivity index (χ0n) is 13.1. The smallest absolute Gasteiger partial charge is 0.421 e. The molecule has 5 heteroatoms. The predicted molar refractivity (Wildman–Crippen MR) is 88.8 cm³/mol. The fraction of sp³-hybridized carbons (Fsp3) is 0.611. The third-order valence-electron chi connectivity index (χ3n) is 5.75. The summed E-state index contributed by atoms with van der Waals surface area (Å²) >= 11 is 6.74. The molecule has 4 fully saturated rings. The monoisotopic (exact) mass is 334 g/mol. The minimum atomic E-state index is -0.414. The number of alkyl halides is 1. The molecule has 1 aromatic carbocycles. The lowest BCUT2D eigenvalue weighted by atomic mass is 9.54. The van der Waals surface area contributed by atoms with Crippen molar-refractivity contribution in [2.45, 2.75) is 49.6 Å². The first kappa shape index (κ1) is 15.3. The second-order valence-electron chi connectivity index (χ2n) is 7.48. The van der Waals surface area contributed by atoms with Gasteiger partial charge in [0.05, 0.1) is 0 Å². The highest BCUT2D eigenvalue weighted by Gasteiger charge is 2.54. The van der Waals surface area contributed by atoms with Gasteiger partial charge in [-0.15, -0.1) is 11.6 Å². The second-order valence-corrected chi connectivity index (χ2v) is 8.28. The van der Waals surface area contributed by atoms with E-state index in [0.717, 1.165) is 24.3 Å². The summed E-state index contributed by atoms with van der Waals surface area (Å²) in [5.41, 5.74) is 6.96. The van der Waals surface area contributed by atoms with Gasteiger partial charge in [-0.2, -0.15) is 0 Å². The van der Waals surface area contributed by atoms with Crippen LogP contribution in [0.4, 0.5) is 4.79 Å². The molecular formula is C18H23ClN2O2. The molecule has 0 radical (unpaired) electrons. The van der Waals surface area contributed by atoms with E-state index in [-0.39, 0.29) is 4.87 Å². The quantitative estimate of drug-likeness (QED) is 0.653. The fourth-order valence-corrected chi connectivity index (χ4v) is 5.68. The van der Waals surface area contributed by atoms with Gasteiger partial charge in [0.15, 0.2) is 0 Å². The van der Waals surface area contributed by atoms with Gasteiger partial charge < -0.3 is 4.74 Å². The molecule has 4 aliphatic rings. The molecule has 0 saturated heterocycles. The Bertz CT molecular complexity index is 564. The fourth-order valence-electron chi connectivity index (χ4n) is 5.06. The standard InChI is InChI=1S/C18H23ClN2O2/c19-18-8-13-6-14(9-18)16(15(7-13)10-18)20-21-17(22)23-11-12-4-2-1-3-5-12/h1-5,13-16,20H,6-11H2,(H,21,22)/t13?,14-,15-,16?,18?/m0/s1. The van der Waals surface area contributed by atoms with Crippen molar-refractivity contribution in [2.75, 3.05) is 0 Å². The molecule has 4 bridgehead atoms. The lowest BCUT2D eigenvalue weighted by Crippen LogP contribution is -2.62. The first-order chi connectivity index (χ1) is 11.1. The van der Waals surface area contributed by atoms with Gasteiger partial charge >= 0.3 is 6.09 Å². The van der Waals surface area contributed by atoms with Crippen LogP contribution in [0, 0.1) is 17.8 Å². The van der Waals surface area contributed by atoms with Gasteiger partial charge in [0.2, 0.25) is 0 Å². The number of halogens is 1. The lowest BCUT2D eigenvalue weighted by Gasteiger charge is -2.57. The lowest BCUT2D eigenvalue weighted by molar-refractivity contribution is -0.00616. The summed E-state index contributed by atoms with van der Waals surface area (Å²) < 4.78 is 5.25. The van der Waals surface area contributed by atoms with Crippen LogP contribution in [0.3, 0.4) is 0 Å². The summed E-state index contributed by atoms with van der Waals surface area (Å²) in [6.45, 7) is 0.290. The first-order valence-corrected chi connectivity index (χ1v) is 8.90. The molecule has 0 unspecified atom stereocenters. The molecule has 0 spiro atoms. The first-order valence-electron chi connectivity index (χ1n) is 8.52. The molecule has 5 rings (SSSR count). The topological polar surface area (TPSA) is 50.4 Å². The SMILES string of the molecule is O=C(NNC1[C@H]2CC3C[C@H]1CC(Cl)(C3)C2)OCc1ccccc1. The van der Waals surface area contributed by atoms with Gasteiger partial charge in [-0.25, -0.2) is 10.2 Å². The average Bonchev–Trinajstić information content (AvgIpc) is 2.51. The molecule has 4 nitrogen and oxygen atoms in total. The van der Waals surface area contributed by atoms with Crippen LogP contribution in [0.1, 0.15) is 37.7 Å². The largest absolute Gasteiger partial charge is 0.444 e. The van der Waals surface area contributed by atoms with Crippen LogP contribution in [-0.4, -0.2) is 17.0 Å². The van der Waals surface area contributed by atoms with E-state index in [4.69, 9.17) is 16.3 Å². The third kappa shape index (κ3) is 3.20. The number of amides is 1. The summed E-state index contributed by atoms with van der Waals surface area (Å²) in [5.74, 6) is 1.94. The van der Waals surface area contributed by atoms with Crippen LogP contribution in [0.2, 0.25) is 0 Å². The Morgan fingerprint density at radius 2 is 1.87 bits per heavy atom. The molecule has 1 aromatic rings. The van der Waals surface area contributed by atoms with E-state index >= 15 is 0 Å². The Kier molecular flexibility index (Phi) is 3.98. The Labute approximate surface area is 141 Å². The predicted octanol–water partition coefficient (Wildman–Crippen LogP) is 3.60. The van der Waals surface area contributed by atoms with E-state index in [1.807, 2.05) is 30.3 Å². The molecule has 4 saturated carbocycles. The number of nitrogens with one attached hydrogen (secondary N) is 2. The van der Waals surface area contributed by atoms with Crippen molar-refractivity contribution >= 4 is 17.7 Å². The Balaban J connectivity index is 1.27. The highest BCUT2D eigenvalue weighted by molar-refractivity contribution is 6.24. The van der Waals surface area contributed by atoms with E-state index in [1.54, 1.807) is 0 Å². The maximum Gasteiger partial charge on any atom is 0.421 e. The summed E-state index contributed by atoms with van der Waals surface area (Å²) in [6, 6.07) is 10.0. The number of carbonyl (C=O) groups excluding carboxylic acids is 1. The van der Waals surface area contributed by atoms with Gasteiger partial charge in [-0.1, -0.05) is 30.3 Å².